The van der Waals surface area contributed by atoms with Crippen LogP contribution in [0, 0.1) is 5.82 Å². The molecule has 0 radical (unpaired) electrons. The number of hydrogen-bond acceptors (Lipinski definition) is 5. The Bertz CT molecular complexity index is 1090. The van der Waals surface area contributed by atoms with Crippen LogP contribution in [0.2, 0.25) is 0 Å². The lowest BCUT2D eigenvalue weighted by Crippen LogP contribution is -2.39. The van der Waals surface area contributed by atoms with Crippen LogP contribution in [0.3, 0.4) is 0 Å². The zero-order valence-electron chi connectivity index (χ0n) is 15.4. The number of rotatable bonds is 5. The first-order valence-electron chi connectivity index (χ1n) is 8.68. The number of halogens is 1. The fraction of sp³-hybridized carbons (Fsp3) is 0.250. The third-order valence-electron chi connectivity index (χ3n) is 4.47. The molecule has 8 heteroatoms. The molecule has 0 fully saturated rings. The lowest BCUT2D eigenvalue weighted by molar-refractivity contribution is 0.0917. The van der Waals surface area contributed by atoms with E-state index in [1.807, 2.05) is 0 Å². The fourth-order valence-electron chi connectivity index (χ4n) is 2.91. The predicted molar refractivity (Wildman–Crippen MR) is 102 cm³/mol. The fourth-order valence-corrected chi connectivity index (χ4v) is 2.91. The molecule has 0 aliphatic rings. The van der Waals surface area contributed by atoms with Gasteiger partial charge in [-0.05, 0) is 42.7 Å². The minimum atomic E-state index is -0.779. The van der Waals surface area contributed by atoms with Gasteiger partial charge >= 0.3 is 0 Å². The number of carbonyl (C=O) groups excluding carboxylic acids is 1. The Kier molecular flexibility index (Phi) is 5.41. The van der Waals surface area contributed by atoms with Crippen molar-refractivity contribution in [3.63, 3.8) is 0 Å². The number of aliphatic hydroxyl groups is 1. The molecule has 3 N–H and O–H groups in total. The van der Waals surface area contributed by atoms with Gasteiger partial charge in [0.25, 0.3) is 11.5 Å². The highest BCUT2D eigenvalue weighted by Crippen LogP contribution is 2.25. The summed E-state index contributed by atoms with van der Waals surface area (Å²) >= 11 is 0. The molecule has 0 saturated carbocycles. The number of benzene rings is 1. The second-order valence-electron chi connectivity index (χ2n) is 6.66. The molecule has 0 aliphatic carbocycles. The lowest BCUT2D eigenvalue weighted by Gasteiger charge is -2.14. The molecule has 0 bridgehead atoms. The Morgan fingerprint density at radius 2 is 1.96 bits per heavy atom. The van der Waals surface area contributed by atoms with Crippen LogP contribution in [0.4, 0.5) is 4.39 Å². The van der Waals surface area contributed by atoms with Crippen molar-refractivity contribution in [3.8, 4) is 5.75 Å². The van der Waals surface area contributed by atoms with Crippen LogP contribution in [-0.4, -0.2) is 38.3 Å². The Morgan fingerprint density at radius 3 is 2.61 bits per heavy atom. The number of hydrogen-bond donors (Lipinski definition) is 3. The number of nitrogens with zero attached hydrogens (tertiary/aromatic N) is 2. The summed E-state index contributed by atoms with van der Waals surface area (Å²) in [5.74, 6) is -1.61. The Balaban J connectivity index is 2.04. The van der Waals surface area contributed by atoms with Gasteiger partial charge in [0, 0.05) is 19.3 Å². The van der Waals surface area contributed by atoms with Crippen LogP contribution in [0.1, 0.15) is 28.4 Å². The Labute approximate surface area is 160 Å². The van der Waals surface area contributed by atoms with Crippen molar-refractivity contribution in [3.05, 3.63) is 69.4 Å². The van der Waals surface area contributed by atoms with E-state index in [2.05, 4.69) is 10.3 Å². The average Bonchev–Trinajstić information content (AvgIpc) is 2.68. The van der Waals surface area contributed by atoms with Gasteiger partial charge in [-0.3, -0.25) is 14.6 Å². The van der Waals surface area contributed by atoms with Crippen molar-refractivity contribution in [2.45, 2.75) is 19.4 Å². The molecule has 0 aliphatic heterocycles. The average molecular weight is 385 g/mol. The van der Waals surface area contributed by atoms with Crippen LogP contribution < -0.4 is 10.9 Å². The molecule has 146 valence electrons. The first kappa shape index (κ1) is 19.5. The van der Waals surface area contributed by atoms with E-state index in [4.69, 9.17) is 5.11 Å². The number of aromatic hydroxyl groups is 1. The van der Waals surface area contributed by atoms with Gasteiger partial charge in [-0.15, -0.1) is 0 Å². The highest BCUT2D eigenvalue weighted by molar-refractivity contribution is 6.01. The summed E-state index contributed by atoms with van der Waals surface area (Å²) in [4.78, 5) is 29.2. The van der Waals surface area contributed by atoms with E-state index in [9.17, 15) is 19.1 Å². The van der Waals surface area contributed by atoms with Crippen molar-refractivity contribution >= 4 is 16.9 Å². The van der Waals surface area contributed by atoms with E-state index in [1.54, 1.807) is 25.1 Å². The van der Waals surface area contributed by atoms with Gasteiger partial charge in [0.1, 0.15) is 16.9 Å². The minimum absolute atomic E-state index is 0.117. The van der Waals surface area contributed by atoms with Gasteiger partial charge in [-0.1, -0.05) is 12.1 Å². The van der Waals surface area contributed by atoms with Gasteiger partial charge in [0.2, 0.25) is 0 Å². The molecule has 1 aromatic carbocycles. The molecule has 7 nitrogen and oxygen atoms in total. The number of fused-ring (bicyclic) bond motifs is 1. The first-order valence-corrected chi connectivity index (χ1v) is 8.68. The van der Waals surface area contributed by atoms with Gasteiger partial charge < -0.3 is 20.1 Å². The number of nitrogens with one attached hydrogen (secondary N) is 1. The molecular formula is C20H20FN3O4. The molecule has 0 saturated heterocycles. The molecule has 0 unspecified atom stereocenters. The number of aryl methyl sites for hydroxylation is 1. The maximum atomic E-state index is 13.1. The van der Waals surface area contributed by atoms with Crippen molar-refractivity contribution in [2.24, 2.45) is 7.05 Å². The zero-order valence-corrected chi connectivity index (χ0v) is 15.4. The summed E-state index contributed by atoms with van der Waals surface area (Å²) in [6, 6.07) is 7.17. The summed E-state index contributed by atoms with van der Waals surface area (Å²) in [5, 5.41) is 22.0. The maximum Gasteiger partial charge on any atom is 0.267 e. The molecule has 28 heavy (non-hydrogen) atoms. The zero-order chi connectivity index (χ0) is 20.4. The molecule has 2 aromatic heterocycles. The van der Waals surface area contributed by atoms with E-state index in [1.165, 1.54) is 29.9 Å². The molecule has 2 heterocycles. The number of pyridine rings is 2. The maximum absolute atomic E-state index is 13.1. The number of carbonyl (C=O) groups is 1. The van der Waals surface area contributed by atoms with Crippen LogP contribution in [0.15, 0.2) is 41.3 Å². The smallest absolute Gasteiger partial charge is 0.267 e. The second-order valence-corrected chi connectivity index (χ2v) is 6.66. The van der Waals surface area contributed by atoms with Gasteiger partial charge in [-0.2, -0.15) is 0 Å². The minimum Gasteiger partial charge on any atom is -0.505 e. The van der Waals surface area contributed by atoms with Crippen molar-refractivity contribution in [1.29, 1.82) is 0 Å². The van der Waals surface area contributed by atoms with Crippen molar-refractivity contribution in [1.82, 2.24) is 14.9 Å². The summed E-state index contributed by atoms with van der Waals surface area (Å²) in [5.41, 5.74) is 1.02. The Hall–Kier alpha value is -3.26. The quantitative estimate of drug-likeness (QED) is 0.617. The van der Waals surface area contributed by atoms with Crippen LogP contribution >= 0.6 is 0 Å². The second kappa shape index (κ2) is 7.77. The molecule has 3 rings (SSSR count). The summed E-state index contributed by atoms with van der Waals surface area (Å²) in [7, 11) is 1.49. The molecule has 3 aromatic rings. The number of amides is 1. The summed E-state index contributed by atoms with van der Waals surface area (Å²) in [6.45, 7) is 1.27. The van der Waals surface area contributed by atoms with Gasteiger partial charge in [0.15, 0.2) is 5.75 Å². The highest BCUT2D eigenvalue weighted by atomic mass is 19.1. The molecule has 0 spiro atoms. The lowest BCUT2D eigenvalue weighted by atomic mass is 10.1. The highest BCUT2D eigenvalue weighted by Gasteiger charge is 2.23. The van der Waals surface area contributed by atoms with Crippen molar-refractivity contribution in [2.75, 3.05) is 6.61 Å². The molecular weight excluding hydrogens is 365 g/mol. The predicted octanol–water partition coefficient (Wildman–Crippen LogP) is 1.48. The summed E-state index contributed by atoms with van der Waals surface area (Å²) in [6.07, 6.45) is 2.00. The standard InChI is InChI=1S/C20H20FN3O4/c1-11(10-25)23-19(27)16-18(26)17-15(24(2)20(16)28)8-13(9-22-17)7-12-3-5-14(21)6-4-12/h3-6,8-9,11,25-26H,7,10H2,1-2H3,(H,23,27)/t11-/m1/s1. The summed E-state index contributed by atoms with van der Waals surface area (Å²) < 4.78 is 14.3. The first-order chi connectivity index (χ1) is 13.3. The topological polar surface area (TPSA) is 104 Å². The van der Waals surface area contributed by atoms with E-state index >= 15 is 0 Å². The van der Waals surface area contributed by atoms with Crippen LogP contribution in [0.5, 0.6) is 5.75 Å². The van der Waals surface area contributed by atoms with E-state index < -0.39 is 28.8 Å². The van der Waals surface area contributed by atoms with Crippen LogP contribution in [0.25, 0.3) is 11.0 Å². The van der Waals surface area contributed by atoms with E-state index in [0.29, 0.717) is 11.9 Å². The normalized spacial score (nSPS) is 12.1. The monoisotopic (exact) mass is 385 g/mol. The third kappa shape index (κ3) is 3.72. The van der Waals surface area contributed by atoms with Gasteiger partial charge in [-0.25, -0.2) is 4.39 Å². The molecule has 1 atom stereocenters. The molecule has 1 amide bonds. The van der Waals surface area contributed by atoms with Crippen LogP contribution in [-0.2, 0) is 13.5 Å². The van der Waals surface area contributed by atoms with E-state index in [0.717, 1.165) is 11.1 Å². The Morgan fingerprint density at radius 1 is 1.29 bits per heavy atom. The van der Waals surface area contributed by atoms with Crippen molar-refractivity contribution < 1.29 is 19.4 Å². The van der Waals surface area contributed by atoms with E-state index in [-0.39, 0.29) is 17.9 Å². The SMILES string of the molecule is C[C@H](CO)NC(=O)c1c(O)c2ncc(Cc3ccc(F)cc3)cc2n(C)c1=O. The van der Waals surface area contributed by atoms with Gasteiger partial charge in [0.05, 0.1) is 12.1 Å². The number of aliphatic hydroxyl groups excluding tert-OH is 1. The largest absolute Gasteiger partial charge is 0.505 e. The number of aromatic nitrogens is 2. The third-order valence-corrected chi connectivity index (χ3v) is 4.47.